The van der Waals surface area contributed by atoms with Crippen molar-refractivity contribution in [2.75, 3.05) is 7.11 Å². The molecule has 1 atom stereocenters. The van der Waals surface area contributed by atoms with Crippen molar-refractivity contribution >= 4 is 0 Å². The second kappa shape index (κ2) is 8.72. The molecule has 0 aliphatic carbocycles. The molecule has 0 bridgehead atoms. The number of halogens is 1. The van der Waals surface area contributed by atoms with E-state index in [0.29, 0.717) is 5.75 Å². The first kappa shape index (κ1) is 18.3. The number of aryl methyl sites for hydroxylation is 1. The first-order chi connectivity index (χ1) is 11.6. The number of aromatic hydroxyl groups is 1. The van der Waals surface area contributed by atoms with Gasteiger partial charge in [-0.05, 0) is 36.1 Å². The maximum atomic E-state index is 14.4. The fourth-order valence-electron chi connectivity index (χ4n) is 3.01. The second-order valence-corrected chi connectivity index (χ2v) is 6.31. The summed E-state index contributed by atoms with van der Waals surface area (Å²) in [7, 11) is 1.57. The van der Waals surface area contributed by atoms with Crippen LogP contribution in [0.1, 0.15) is 62.1 Å². The highest BCUT2D eigenvalue weighted by atomic mass is 19.1. The molecule has 0 spiro atoms. The Kier molecular flexibility index (Phi) is 6.65. The molecule has 2 nitrogen and oxygen atoms in total. The largest absolute Gasteiger partial charge is 0.508 e. The van der Waals surface area contributed by atoms with Crippen LogP contribution in [0.5, 0.6) is 11.5 Å². The van der Waals surface area contributed by atoms with Gasteiger partial charge in [-0.2, -0.15) is 0 Å². The molecule has 1 N–H and O–H groups in total. The van der Waals surface area contributed by atoms with Gasteiger partial charge in [0.05, 0.1) is 7.11 Å². The van der Waals surface area contributed by atoms with Crippen LogP contribution in [0.25, 0.3) is 0 Å². The molecule has 2 aromatic rings. The molecule has 1 unspecified atom stereocenters. The third kappa shape index (κ3) is 4.50. The van der Waals surface area contributed by atoms with E-state index < -0.39 is 0 Å². The molecule has 130 valence electrons. The number of phenolic OH excluding ortho intramolecular Hbond substituents is 1. The van der Waals surface area contributed by atoms with E-state index in [1.54, 1.807) is 25.3 Å². The molecule has 0 radical (unpaired) electrons. The highest BCUT2D eigenvalue weighted by Gasteiger charge is 2.16. The van der Waals surface area contributed by atoms with Gasteiger partial charge in [0.15, 0.2) is 0 Å². The van der Waals surface area contributed by atoms with Crippen molar-refractivity contribution in [1.82, 2.24) is 0 Å². The van der Waals surface area contributed by atoms with Crippen molar-refractivity contribution in [3.63, 3.8) is 0 Å². The summed E-state index contributed by atoms with van der Waals surface area (Å²) in [5, 5.41) is 9.58. The van der Waals surface area contributed by atoms with Gasteiger partial charge in [-0.15, -0.1) is 0 Å². The van der Waals surface area contributed by atoms with Crippen molar-refractivity contribution < 1.29 is 14.2 Å². The van der Waals surface area contributed by atoms with Gasteiger partial charge in [-0.25, -0.2) is 4.39 Å². The molecule has 0 amide bonds. The van der Waals surface area contributed by atoms with Crippen LogP contribution in [0.15, 0.2) is 36.4 Å². The van der Waals surface area contributed by atoms with Gasteiger partial charge in [0, 0.05) is 17.5 Å². The lowest BCUT2D eigenvalue weighted by Crippen LogP contribution is -2.01. The van der Waals surface area contributed by atoms with Crippen LogP contribution in [-0.4, -0.2) is 12.2 Å². The number of methoxy groups -OCH3 is 1. The topological polar surface area (TPSA) is 29.5 Å². The van der Waals surface area contributed by atoms with E-state index in [0.717, 1.165) is 36.0 Å². The Morgan fingerprint density at radius 3 is 2.54 bits per heavy atom. The maximum absolute atomic E-state index is 14.4. The summed E-state index contributed by atoms with van der Waals surface area (Å²) in [6.07, 6.45) is 5.37. The highest BCUT2D eigenvalue weighted by Crippen LogP contribution is 2.34. The number of phenols is 1. The lowest BCUT2D eigenvalue weighted by atomic mass is 9.91. The van der Waals surface area contributed by atoms with Gasteiger partial charge in [0.1, 0.15) is 17.3 Å². The number of hydrogen-bond donors (Lipinski definition) is 1. The first-order valence-corrected chi connectivity index (χ1v) is 8.72. The van der Waals surface area contributed by atoms with E-state index in [4.69, 9.17) is 4.74 Å². The molecule has 24 heavy (non-hydrogen) atoms. The monoisotopic (exact) mass is 330 g/mol. The molecular weight excluding hydrogens is 303 g/mol. The van der Waals surface area contributed by atoms with Crippen LogP contribution in [-0.2, 0) is 6.42 Å². The Labute approximate surface area is 144 Å². The van der Waals surface area contributed by atoms with Gasteiger partial charge in [-0.1, -0.05) is 51.3 Å². The minimum Gasteiger partial charge on any atom is -0.508 e. The molecule has 0 fully saturated rings. The number of rotatable bonds is 8. The van der Waals surface area contributed by atoms with Gasteiger partial charge in [0.2, 0.25) is 0 Å². The van der Waals surface area contributed by atoms with Crippen molar-refractivity contribution in [2.24, 2.45) is 0 Å². The molecule has 0 aromatic heterocycles. The zero-order valence-electron chi connectivity index (χ0n) is 14.8. The van der Waals surface area contributed by atoms with Gasteiger partial charge in [0.25, 0.3) is 0 Å². The van der Waals surface area contributed by atoms with Crippen LogP contribution < -0.4 is 4.74 Å². The van der Waals surface area contributed by atoms with Crippen LogP contribution in [0, 0.1) is 5.82 Å². The van der Waals surface area contributed by atoms with Crippen molar-refractivity contribution in [3.05, 3.63) is 58.9 Å². The summed E-state index contributed by atoms with van der Waals surface area (Å²) in [4.78, 5) is 0. The highest BCUT2D eigenvalue weighted by molar-refractivity contribution is 5.46. The normalized spacial score (nSPS) is 12.2. The predicted molar refractivity (Wildman–Crippen MR) is 96.4 cm³/mol. The Morgan fingerprint density at radius 1 is 1.08 bits per heavy atom. The summed E-state index contributed by atoms with van der Waals surface area (Å²) in [5.41, 5.74) is 2.64. The smallest absolute Gasteiger partial charge is 0.126 e. The molecule has 3 heteroatoms. The molecule has 0 aliphatic rings. The molecule has 2 rings (SSSR count). The number of unbranched alkanes of at least 4 members (excludes halogenated alkanes) is 3. The Morgan fingerprint density at radius 2 is 1.88 bits per heavy atom. The zero-order valence-corrected chi connectivity index (χ0v) is 14.8. The van der Waals surface area contributed by atoms with E-state index in [1.165, 1.54) is 12.8 Å². The summed E-state index contributed by atoms with van der Waals surface area (Å²) in [6.45, 7) is 4.19. The van der Waals surface area contributed by atoms with Gasteiger partial charge < -0.3 is 9.84 Å². The Bertz CT molecular complexity index is 667. The fourth-order valence-corrected chi connectivity index (χ4v) is 3.01. The minimum absolute atomic E-state index is 0.0100. The quantitative estimate of drug-likeness (QED) is 0.618. The third-order valence-corrected chi connectivity index (χ3v) is 4.56. The van der Waals surface area contributed by atoms with Crippen LogP contribution in [0.2, 0.25) is 0 Å². The zero-order chi connectivity index (χ0) is 17.5. The standard InChI is InChI=1S/C21H27FO2/c1-4-5-6-7-8-16-9-10-17(13-20(16)22)15(2)19-12-11-18(23)14-21(19)24-3/h9-15,23H,4-8H2,1-3H3. The van der Waals surface area contributed by atoms with Gasteiger partial charge in [-0.3, -0.25) is 0 Å². The number of hydrogen-bond acceptors (Lipinski definition) is 2. The van der Waals surface area contributed by atoms with Crippen LogP contribution in [0.4, 0.5) is 4.39 Å². The predicted octanol–water partition coefficient (Wildman–Crippen LogP) is 5.81. The van der Waals surface area contributed by atoms with Crippen LogP contribution >= 0.6 is 0 Å². The summed E-state index contributed by atoms with van der Waals surface area (Å²) < 4.78 is 19.8. The SMILES string of the molecule is CCCCCCc1ccc(C(C)c2ccc(O)cc2OC)cc1F. The van der Waals surface area contributed by atoms with E-state index in [2.05, 4.69) is 6.92 Å². The van der Waals surface area contributed by atoms with Crippen molar-refractivity contribution in [3.8, 4) is 11.5 Å². The third-order valence-electron chi connectivity index (χ3n) is 4.56. The van der Waals surface area contributed by atoms with Crippen molar-refractivity contribution in [2.45, 2.75) is 51.9 Å². The summed E-state index contributed by atoms with van der Waals surface area (Å²) in [5.74, 6) is 0.640. The van der Waals surface area contributed by atoms with E-state index in [1.807, 2.05) is 25.1 Å². The average molecular weight is 330 g/mol. The van der Waals surface area contributed by atoms with E-state index in [9.17, 15) is 9.50 Å². The van der Waals surface area contributed by atoms with E-state index >= 15 is 0 Å². The second-order valence-electron chi connectivity index (χ2n) is 6.31. The molecule has 2 aromatic carbocycles. The minimum atomic E-state index is -0.131. The lowest BCUT2D eigenvalue weighted by Gasteiger charge is -2.17. The molecule has 0 heterocycles. The fraction of sp³-hybridized carbons (Fsp3) is 0.429. The molecular formula is C21H27FO2. The molecule has 0 saturated carbocycles. The van der Waals surface area contributed by atoms with Crippen LogP contribution in [0.3, 0.4) is 0 Å². The number of ether oxygens (including phenoxy) is 1. The van der Waals surface area contributed by atoms with E-state index in [-0.39, 0.29) is 17.5 Å². The molecule has 0 aliphatic heterocycles. The maximum Gasteiger partial charge on any atom is 0.126 e. The first-order valence-electron chi connectivity index (χ1n) is 8.72. The Hall–Kier alpha value is -2.03. The van der Waals surface area contributed by atoms with Crippen molar-refractivity contribution in [1.29, 1.82) is 0 Å². The van der Waals surface area contributed by atoms with Gasteiger partial charge >= 0.3 is 0 Å². The summed E-state index contributed by atoms with van der Waals surface area (Å²) in [6, 6.07) is 10.6. The number of benzene rings is 2. The average Bonchev–Trinajstić information content (AvgIpc) is 2.59. The molecule has 0 saturated heterocycles. The summed E-state index contributed by atoms with van der Waals surface area (Å²) >= 11 is 0. The lowest BCUT2D eigenvalue weighted by molar-refractivity contribution is 0.401. The Balaban J connectivity index is 2.16.